The SMILES string of the molecule is CCC(CCNC)C[Si](CC)(CC)NC. The van der Waals surface area contributed by atoms with Crippen molar-refractivity contribution in [3.05, 3.63) is 0 Å². The Bertz CT molecular complexity index is 138. The molecule has 3 heteroatoms. The molecule has 0 aromatic heterocycles. The third kappa shape index (κ3) is 5.14. The van der Waals surface area contributed by atoms with Gasteiger partial charge in [0.15, 0.2) is 0 Å². The molecule has 0 aromatic carbocycles. The van der Waals surface area contributed by atoms with Gasteiger partial charge in [0.1, 0.15) is 8.24 Å². The van der Waals surface area contributed by atoms with Crippen LogP contribution in [0.25, 0.3) is 0 Å². The lowest BCUT2D eigenvalue weighted by Crippen LogP contribution is -2.48. The fourth-order valence-corrected chi connectivity index (χ4v) is 5.93. The molecular formula is C12H30N2Si. The molecule has 92 valence electrons. The Morgan fingerprint density at radius 2 is 1.67 bits per heavy atom. The summed E-state index contributed by atoms with van der Waals surface area (Å²) in [6.07, 6.45) is 2.67. The Morgan fingerprint density at radius 1 is 1.07 bits per heavy atom. The molecule has 0 bridgehead atoms. The monoisotopic (exact) mass is 230 g/mol. The van der Waals surface area contributed by atoms with E-state index in [-0.39, 0.29) is 0 Å². The number of rotatable bonds is 9. The van der Waals surface area contributed by atoms with E-state index in [4.69, 9.17) is 0 Å². The van der Waals surface area contributed by atoms with E-state index in [0.29, 0.717) is 0 Å². The van der Waals surface area contributed by atoms with Crippen LogP contribution in [0.1, 0.15) is 33.6 Å². The van der Waals surface area contributed by atoms with Crippen molar-refractivity contribution in [2.75, 3.05) is 20.6 Å². The lowest BCUT2D eigenvalue weighted by molar-refractivity contribution is 0.492. The van der Waals surface area contributed by atoms with Gasteiger partial charge in [-0.25, -0.2) is 0 Å². The van der Waals surface area contributed by atoms with E-state index in [9.17, 15) is 0 Å². The van der Waals surface area contributed by atoms with Crippen LogP contribution in [-0.4, -0.2) is 28.9 Å². The minimum Gasteiger partial charge on any atom is -0.340 e. The van der Waals surface area contributed by atoms with E-state index >= 15 is 0 Å². The van der Waals surface area contributed by atoms with Crippen LogP contribution >= 0.6 is 0 Å². The van der Waals surface area contributed by atoms with Gasteiger partial charge in [-0.3, -0.25) is 0 Å². The summed E-state index contributed by atoms with van der Waals surface area (Å²) in [7, 11) is 3.09. The van der Waals surface area contributed by atoms with Crippen LogP contribution in [0.15, 0.2) is 0 Å². The van der Waals surface area contributed by atoms with Crippen LogP contribution in [0.2, 0.25) is 18.1 Å². The third-order valence-corrected chi connectivity index (χ3v) is 9.07. The lowest BCUT2D eigenvalue weighted by atomic mass is 10.1. The first-order valence-electron chi connectivity index (χ1n) is 6.51. The standard InChI is InChI=1S/C12H30N2Si/c1-6-12(9-10-13-4)11-15(7-2,8-3)14-5/h12-14H,6-11H2,1-5H3. The average molecular weight is 230 g/mol. The second-order valence-corrected chi connectivity index (χ2v) is 9.49. The molecule has 0 heterocycles. The predicted molar refractivity (Wildman–Crippen MR) is 72.9 cm³/mol. The van der Waals surface area contributed by atoms with Crippen molar-refractivity contribution in [3.63, 3.8) is 0 Å². The average Bonchev–Trinajstić information content (AvgIpc) is 2.30. The van der Waals surface area contributed by atoms with Crippen LogP contribution in [-0.2, 0) is 0 Å². The van der Waals surface area contributed by atoms with Gasteiger partial charge >= 0.3 is 0 Å². The zero-order chi connectivity index (χ0) is 11.7. The minimum atomic E-state index is -1.13. The molecule has 0 saturated heterocycles. The Kier molecular flexibility index (Phi) is 8.38. The van der Waals surface area contributed by atoms with E-state index in [2.05, 4.69) is 45.2 Å². The Labute approximate surface area is 97.3 Å². The first-order chi connectivity index (χ1) is 7.17. The number of nitrogens with one attached hydrogen (secondary N) is 2. The normalized spacial score (nSPS) is 14.2. The quantitative estimate of drug-likeness (QED) is 0.595. The van der Waals surface area contributed by atoms with Crippen LogP contribution in [0.3, 0.4) is 0 Å². The molecule has 15 heavy (non-hydrogen) atoms. The second-order valence-electron chi connectivity index (χ2n) is 4.61. The highest BCUT2D eigenvalue weighted by atomic mass is 28.3. The molecule has 0 spiro atoms. The molecule has 2 nitrogen and oxygen atoms in total. The van der Waals surface area contributed by atoms with Gasteiger partial charge < -0.3 is 10.3 Å². The van der Waals surface area contributed by atoms with Crippen molar-refractivity contribution >= 4 is 8.24 Å². The van der Waals surface area contributed by atoms with Gasteiger partial charge in [0.25, 0.3) is 0 Å². The van der Waals surface area contributed by atoms with Crippen LogP contribution in [0, 0.1) is 5.92 Å². The van der Waals surface area contributed by atoms with Crippen molar-refractivity contribution in [2.24, 2.45) is 5.92 Å². The molecule has 0 aliphatic rings. The summed E-state index contributed by atoms with van der Waals surface area (Å²) < 4.78 is 0. The topological polar surface area (TPSA) is 24.1 Å². The summed E-state index contributed by atoms with van der Waals surface area (Å²) in [6.45, 7) is 8.22. The van der Waals surface area contributed by atoms with Gasteiger partial charge in [-0.15, -0.1) is 0 Å². The highest BCUT2D eigenvalue weighted by molar-refractivity contribution is 6.77. The lowest BCUT2D eigenvalue weighted by Gasteiger charge is -2.32. The van der Waals surface area contributed by atoms with Crippen LogP contribution < -0.4 is 10.3 Å². The Hall–Kier alpha value is 0.137. The van der Waals surface area contributed by atoms with Crippen LogP contribution in [0.4, 0.5) is 0 Å². The summed E-state index contributed by atoms with van der Waals surface area (Å²) in [6, 6.07) is 4.20. The number of hydrogen-bond acceptors (Lipinski definition) is 2. The summed E-state index contributed by atoms with van der Waals surface area (Å²) in [5, 5.41) is 3.27. The van der Waals surface area contributed by atoms with Crippen molar-refractivity contribution < 1.29 is 0 Å². The van der Waals surface area contributed by atoms with Gasteiger partial charge in [0, 0.05) is 0 Å². The van der Waals surface area contributed by atoms with E-state index < -0.39 is 8.24 Å². The smallest absolute Gasteiger partial charge is 0.125 e. The van der Waals surface area contributed by atoms with Gasteiger partial charge in [-0.2, -0.15) is 0 Å². The molecule has 0 amide bonds. The molecule has 1 atom stereocenters. The Balaban J connectivity index is 4.21. The fraction of sp³-hybridized carbons (Fsp3) is 1.00. The molecule has 1 unspecified atom stereocenters. The molecule has 0 rings (SSSR count). The van der Waals surface area contributed by atoms with Crippen LogP contribution in [0.5, 0.6) is 0 Å². The van der Waals surface area contributed by atoms with Crippen molar-refractivity contribution in [1.82, 2.24) is 10.3 Å². The van der Waals surface area contributed by atoms with Gasteiger partial charge in [0.05, 0.1) is 0 Å². The van der Waals surface area contributed by atoms with Gasteiger partial charge in [-0.05, 0) is 51.1 Å². The molecule has 0 radical (unpaired) electrons. The summed E-state index contributed by atoms with van der Waals surface area (Å²) in [5.74, 6) is 0.913. The zero-order valence-electron chi connectivity index (χ0n) is 11.3. The predicted octanol–water partition coefficient (Wildman–Crippen LogP) is 2.83. The van der Waals surface area contributed by atoms with E-state index in [1.807, 2.05) is 0 Å². The molecule has 0 fully saturated rings. The summed E-state index contributed by atoms with van der Waals surface area (Å²) >= 11 is 0. The maximum Gasteiger partial charge on any atom is 0.125 e. The number of hydrogen-bond donors (Lipinski definition) is 2. The van der Waals surface area contributed by atoms with Crippen molar-refractivity contribution in [2.45, 2.75) is 51.7 Å². The molecular weight excluding hydrogens is 200 g/mol. The molecule has 2 N–H and O–H groups in total. The Morgan fingerprint density at radius 3 is 2.00 bits per heavy atom. The molecule has 0 aliphatic carbocycles. The largest absolute Gasteiger partial charge is 0.340 e. The summed E-state index contributed by atoms with van der Waals surface area (Å²) in [4.78, 5) is 3.67. The van der Waals surface area contributed by atoms with Crippen molar-refractivity contribution in [3.8, 4) is 0 Å². The molecule has 0 aliphatic heterocycles. The maximum absolute atomic E-state index is 3.67. The highest BCUT2D eigenvalue weighted by Gasteiger charge is 2.29. The highest BCUT2D eigenvalue weighted by Crippen LogP contribution is 2.26. The first kappa shape index (κ1) is 15.1. The third-order valence-electron chi connectivity index (χ3n) is 3.94. The van der Waals surface area contributed by atoms with Crippen molar-refractivity contribution in [1.29, 1.82) is 0 Å². The molecule has 0 aromatic rings. The summed E-state index contributed by atoms with van der Waals surface area (Å²) in [5.41, 5.74) is 0. The zero-order valence-corrected chi connectivity index (χ0v) is 12.3. The molecule has 0 saturated carbocycles. The first-order valence-corrected chi connectivity index (χ1v) is 9.13. The van der Waals surface area contributed by atoms with E-state index in [1.54, 1.807) is 0 Å². The minimum absolute atomic E-state index is 0.913. The second kappa shape index (κ2) is 8.31. The van der Waals surface area contributed by atoms with Gasteiger partial charge in [0.2, 0.25) is 0 Å². The fourth-order valence-electron chi connectivity index (χ4n) is 2.35. The van der Waals surface area contributed by atoms with E-state index in [1.165, 1.54) is 37.5 Å². The van der Waals surface area contributed by atoms with E-state index in [0.717, 1.165) is 5.92 Å². The van der Waals surface area contributed by atoms with Gasteiger partial charge in [-0.1, -0.05) is 27.2 Å². The maximum atomic E-state index is 3.67.